The summed E-state index contributed by atoms with van der Waals surface area (Å²) in [6, 6.07) is 19.9. The number of aromatic nitrogens is 2. The van der Waals surface area contributed by atoms with E-state index in [9.17, 15) is 13.7 Å². The molecule has 0 spiro atoms. The highest BCUT2D eigenvalue weighted by atomic mass is 32.2. The molecule has 4 rings (SSSR count). The highest BCUT2D eigenvalue weighted by Crippen LogP contribution is 2.28. The number of sulfone groups is 1. The van der Waals surface area contributed by atoms with Crippen LogP contribution in [0.4, 0.5) is 0 Å². The molecule has 0 unspecified atom stereocenters. The maximum atomic E-state index is 11.6. The third-order valence-corrected chi connectivity index (χ3v) is 5.48. The fourth-order valence-electron chi connectivity index (χ4n) is 2.90. The first-order valence-corrected chi connectivity index (χ1v) is 10.3. The fourth-order valence-corrected chi connectivity index (χ4v) is 3.53. The Morgan fingerprint density at radius 2 is 1.68 bits per heavy atom. The molecule has 6 nitrogen and oxygen atoms in total. The van der Waals surface area contributed by atoms with Crippen molar-refractivity contribution in [2.75, 3.05) is 6.26 Å². The number of hydrogen-bond acceptors (Lipinski definition) is 5. The maximum Gasteiger partial charge on any atom is 0.175 e. The van der Waals surface area contributed by atoms with Crippen LogP contribution in [0.5, 0.6) is 0 Å². The van der Waals surface area contributed by atoms with E-state index in [1.54, 1.807) is 29.3 Å². The molecule has 4 aromatic rings. The van der Waals surface area contributed by atoms with Crippen molar-refractivity contribution in [2.45, 2.75) is 4.90 Å². The Morgan fingerprint density at radius 3 is 2.25 bits per heavy atom. The second-order valence-corrected chi connectivity index (χ2v) is 8.28. The molecular formula is C21H15N3O3S. The summed E-state index contributed by atoms with van der Waals surface area (Å²) in [4.78, 5) is 0.234. The van der Waals surface area contributed by atoms with Crippen molar-refractivity contribution in [3.63, 3.8) is 0 Å². The van der Waals surface area contributed by atoms with E-state index in [-0.39, 0.29) is 10.6 Å². The van der Waals surface area contributed by atoms with Gasteiger partial charge in [-0.3, -0.25) is 0 Å². The van der Waals surface area contributed by atoms with Crippen molar-refractivity contribution in [2.24, 2.45) is 0 Å². The van der Waals surface area contributed by atoms with Gasteiger partial charge in [0.2, 0.25) is 0 Å². The summed E-state index contributed by atoms with van der Waals surface area (Å²) in [6.45, 7) is 0. The highest BCUT2D eigenvalue weighted by molar-refractivity contribution is 7.90. The summed E-state index contributed by atoms with van der Waals surface area (Å²) in [5, 5.41) is 13.8. The minimum Gasteiger partial charge on any atom is -0.464 e. The quantitative estimate of drug-likeness (QED) is 0.525. The van der Waals surface area contributed by atoms with Crippen molar-refractivity contribution in [1.82, 2.24) is 9.78 Å². The summed E-state index contributed by atoms with van der Waals surface area (Å²) in [5.74, 6) is 0.772. The Hall–Kier alpha value is -3.63. The van der Waals surface area contributed by atoms with Crippen LogP contribution in [0, 0.1) is 11.3 Å². The lowest BCUT2D eigenvalue weighted by Gasteiger charge is -2.03. The van der Waals surface area contributed by atoms with E-state index < -0.39 is 9.84 Å². The molecule has 0 radical (unpaired) electrons. The van der Waals surface area contributed by atoms with Crippen LogP contribution in [0.1, 0.15) is 5.69 Å². The molecule has 0 N–H and O–H groups in total. The van der Waals surface area contributed by atoms with E-state index in [0.29, 0.717) is 11.3 Å². The van der Waals surface area contributed by atoms with Crippen LogP contribution < -0.4 is 0 Å². The van der Waals surface area contributed by atoms with Gasteiger partial charge in [-0.25, -0.2) is 13.1 Å². The van der Waals surface area contributed by atoms with E-state index in [4.69, 9.17) is 4.42 Å². The van der Waals surface area contributed by atoms with Gasteiger partial charge in [0.25, 0.3) is 0 Å². The summed E-state index contributed by atoms with van der Waals surface area (Å²) < 4.78 is 30.2. The molecule has 2 aromatic heterocycles. The Morgan fingerprint density at radius 1 is 1.00 bits per heavy atom. The van der Waals surface area contributed by atoms with Gasteiger partial charge in [0.05, 0.1) is 16.8 Å². The van der Waals surface area contributed by atoms with Crippen LogP contribution in [0.25, 0.3) is 28.1 Å². The van der Waals surface area contributed by atoms with E-state index in [1.165, 1.54) is 12.1 Å². The maximum absolute atomic E-state index is 11.6. The Bertz CT molecular complexity index is 1260. The van der Waals surface area contributed by atoms with Gasteiger partial charge in [0.15, 0.2) is 15.5 Å². The van der Waals surface area contributed by atoms with Crippen molar-refractivity contribution in [1.29, 1.82) is 5.26 Å². The second kappa shape index (κ2) is 6.83. The minimum absolute atomic E-state index is 0.234. The predicted molar refractivity (Wildman–Crippen MR) is 105 cm³/mol. The first-order chi connectivity index (χ1) is 13.5. The van der Waals surface area contributed by atoms with Gasteiger partial charge in [0.1, 0.15) is 11.8 Å². The lowest BCUT2D eigenvalue weighted by atomic mass is 10.0. The average Bonchev–Trinajstić information content (AvgIpc) is 3.37. The van der Waals surface area contributed by atoms with Gasteiger partial charge in [0, 0.05) is 23.6 Å². The molecule has 2 heterocycles. The monoisotopic (exact) mass is 389 g/mol. The first-order valence-electron chi connectivity index (χ1n) is 8.40. The summed E-state index contributed by atoms with van der Waals surface area (Å²) in [7, 11) is -3.26. The zero-order valence-electron chi connectivity index (χ0n) is 14.9. The lowest BCUT2D eigenvalue weighted by molar-refractivity contribution is 0.582. The number of nitrogens with zero attached hydrogens (tertiary/aromatic N) is 3. The van der Waals surface area contributed by atoms with Gasteiger partial charge in [-0.1, -0.05) is 24.3 Å². The third kappa shape index (κ3) is 3.33. The number of benzene rings is 2. The normalized spacial score (nSPS) is 11.3. The number of furan rings is 1. The van der Waals surface area contributed by atoms with Gasteiger partial charge >= 0.3 is 0 Å². The van der Waals surface area contributed by atoms with Crippen LogP contribution in [0.2, 0.25) is 0 Å². The van der Waals surface area contributed by atoms with E-state index in [0.717, 1.165) is 23.1 Å². The SMILES string of the molecule is CS(=O)(=O)c1ccc(-n2cc(-c3ccc(-c4ccco4)cc3)c(C#N)n2)cc1. The minimum atomic E-state index is -3.26. The topological polar surface area (TPSA) is 88.9 Å². The second-order valence-electron chi connectivity index (χ2n) is 6.27. The van der Waals surface area contributed by atoms with Crippen molar-refractivity contribution < 1.29 is 12.8 Å². The number of nitriles is 1. The van der Waals surface area contributed by atoms with Crippen LogP contribution in [-0.2, 0) is 9.84 Å². The van der Waals surface area contributed by atoms with Crippen LogP contribution in [0.3, 0.4) is 0 Å². The largest absolute Gasteiger partial charge is 0.464 e. The molecule has 0 fully saturated rings. The first kappa shape index (κ1) is 17.8. The Kier molecular flexibility index (Phi) is 4.34. The zero-order chi connectivity index (χ0) is 19.7. The lowest BCUT2D eigenvalue weighted by Crippen LogP contribution is -1.99. The van der Waals surface area contributed by atoms with E-state index in [2.05, 4.69) is 11.2 Å². The standard InChI is InChI=1S/C21H15N3O3S/c1-28(25,26)18-10-8-17(9-11-18)24-14-19(20(13-22)23-24)15-4-6-16(7-5-15)21-3-2-12-27-21/h2-12,14H,1H3. The Balaban J connectivity index is 1.70. The molecule has 0 saturated carbocycles. The third-order valence-electron chi connectivity index (χ3n) is 4.35. The van der Waals surface area contributed by atoms with Gasteiger partial charge < -0.3 is 4.42 Å². The van der Waals surface area contributed by atoms with E-state index >= 15 is 0 Å². The molecular weight excluding hydrogens is 374 g/mol. The molecule has 28 heavy (non-hydrogen) atoms. The van der Waals surface area contributed by atoms with Crippen molar-refractivity contribution >= 4 is 9.84 Å². The summed E-state index contributed by atoms with van der Waals surface area (Å²) >= 11 is 0. The van der Waals surface area contributed by atoms with Gasteiger partial charge in [-0.05, 0) is 42.0 Å². The number of hydrogen-bond donors (Lipinski definition) is 0. The smallest absolute Gasteiger partial charge is 0.175 e. The van der Waals surface area contributed by atoms with Crippen LogP contribution >= 0.6 is 0 Å². The van der Waals surface area contributed by atoms with Crippen LogP contribution in [0.15, 0.2) is 82.4 Å². The average molecular weight is 389 g/mol. The molecule has 2 aromatic carbocycles. The molecule has 0 saturated heterocycles. The molecule has 0 bridgehead atoms. The molecule has 138 valence electrons. The molecule has 0 aliphatic rings. The van der Waals surface area contributed by atoms with E-state index in [1.807, 2.05) is 36.4 Å². The van der Waals surface area contributed by atoms with Crippen LogP contribution in [-0.4, -0.2) is 24.5 Å². The Labute approximate surface area is 162 Å². The van der Waals surface area contributed by atoms with Crippen molar-refractivity contribution in [3.05, 3.63) is 78.8 Å². The highest BCUT2D eigenvalue weighted by Gasteiger charge is 2.13. The van der Waals surface area contributed by atoms with Gasteiger partial charge in [-0.15, -0.1) is 0 Å². The number of rotatable bonds is 4. The van der Waals surface area contributed by atoms with Gasteiger partial charge in [-0.2, -0.15) is 10.4 Å². The molecule has 0 atom stereocenters. The molecule has 0 aliphatic carbocycles. The molecule has 0 amide bonds. The molecule has 7 heteroatoms. The summed E-state index contributed by atoms with van der Waals surface area (Å²) in [6.07, 6.45) is 4.54. The van der Waals surface area contributed by atoms with Crippen molar-refractivity contribution in [3.8, 4) is 34.2 Å². The molecule has 0 aliphatic heterocycles. The zero-order valence-corrected chi connectivity index (χ0v) is 15.7. The predicted octanol–water partition coefficient (Wildman–Crippen LogP) is 4.07. The fraction of sp³-hybridized carbons (Fsp3) is 0.0476. The summed E-state index contributed by atoms with van der Waals surface area (Å²) in [5.41, 5.74) is 3.45.